The van der Waals surface area contributed by atoms with Crippen molar-refractivity contribution >= 4 is 11.9 Å². The van der Waals surface area contributed by atoms with Crippen molar-refractivity contribution in [1.82, 2.24) is 4.90 Å². The fourth-order valence-electron chi connectivity index (χ4n) is 3.97. The lowest BCUT2D eigenvalue weighted by Crippen LogP contribution is -2.38. The Morgan fingerprint density at radius 3 is 2.36 bits per heavy atom. The first-order chi connectivity index (χ1) is 12.1. The van der Waals surface area contributed by atoms with E-state index in [9.17, 15) is 9.59 Å². The first kappa shape index (κ1) is 17.6. The maximum atomic E-state index is 12.8. The van der Waals surface area contributed by atoms with E-state index in [0.29, 0.717) is 30.5 Å². The molecule has 1 fully saturated rings. The number of rotatable bonds is 4. The van der Waals surface area contributed by atoms with E-state index in [0.717, 1.165) is 36.8 Å². The lowest BCUT2D eigenvalue weighted by Gasteiger charge is -2.31. The highest BCUT2D eigenvalue weighted by molar-refractivity contribution is 6.02. The molecule has 6 heteroatoms. The Labute approximate surface area is 148 Å². The molecule has 0 radical (unpaired) electrons. The van der Waals surface area contributed by atoms with E-state index >= 15 is 0 Å². The molecule has 1 saturated heterocycles. The fraction of sp³-hybridized carbons (Fsp3) is 0.579. The van der Waals surface area contributed by atoms with Gasteiger partial charge >= 0.3 is 6.09 Å². The van der Waals surface area contributed by atoms with E-state index < -0.39 is 0 Å². The topological polar surface area (TPSA) is 65.1 Å². The highest BCUT2D eigenvalue weighted by atomic mass is 16.5. The lowest BCUT2D eigenvalue weighted by atomic mass is 9.85. The summed E-state index contributed by atoms with van der Waals surface area (Å²) in [6.07, 6.45) is 3.20. The van der Waals surface area contributed by atoms with Crippen molar-refractivity contribution in [3.05, 3.63) is 23.3 Å². The van der Waals surface area contributed by atoms with E-state index in [1.807, 2.05) is 6.07 Å². The van der Waals surface area contributed by atoms with Crippen molar-refractivity contribution in [3.63, 3.8) is 0 Å². The summed E-state index contributed by atoms with van der Waals surface area (Å²) in [5.74, 6) is 1.95. The summed E-state index contributed by atoms with van der Waals surface area (Å²) in [5.41, 5.74) is 1.80. The summed E-state index contributed by atoms with van der Waals surface area (Å²) in [4.78, 5) is 26.1. The minimum atomic E-state index is -0.262. The first-order valence-corrected chi connectivity index (χ1v) is 8.69. The smallest absolute Gasteiger partial charge is 0.409 e. The van der Waals surface area contributed by atoms with E-state index in [4.69, 9.17) is 14.2 Å². The minimum Gasteiger partial charge on any atom is -0.493 e. The van der Waals surface area contributed by atoms with Gasteiger partial charge in [-0.25, -0.2) is 4.79 Å². The molecule has 1 heterocycles. The molecule has 1 aliphatic heterocycles. The standard InChI is InChI=1S/C19H25NO5/c1-23-16-10-13-9-14(18(21)15(13)11-17(16)24-2)8-12-4-6-20(7-5-12)19(22)25-3/h10-12,14H,4-9H2,1-3H3/t14-/m0/s1. The summed E-state index contributed by atoms with van der Waals surface area (Å²) in [7, 11) is 4.59. The quantitative estimate of drug-likeness (QED) is 0.838. The zero-order chi connectivity index (χ0) is 18.0. The van der Waals surface area contributed by atoms with Crippen molar-refractivity contribution in [3.8, 4) is 11.5 Å². The van der Waals surface area contributed by atoms with Gasteiger partial charge in [-0.2, -0.15) is 0 Å². The number of benzene rings is 1. The molecule has 0 unspecified atom stereocenters. The van der Waals surface area contributed by atoms with Crippen LogP contribution in [0, 0.1) is 11.8 Å². The molecule has 0 saturated carbocycles. The third-order valence-electron chi connectivity index (χ3n) is 5.38. The lowest BCUT2D eigenvalue weighted by molar-refractivity contribution is 0.0867. The van der Waals surface area contributed by atoms with Crippen molar-refractivity contribution < 1.29 is 23.8 Å². The van der Waals surface area contributed by atoms with Crippen LogP contribution < -0.4 is 9.47 Å². The molecule has 2 aliphatic rings. The van der Waals surface area contributed by atoms with Crippen LogP contribution in [0.3, 0.4) is 0 Å². The highest BCUT2D eigenvalue weighted by Crippen LogP contribution is 2.39. The summed E-state index contributed by atoms with van der Waals surface area (Å²) in [5, 5.41) is 0. The molecule has 136 valence electrons. The predicted octanol–water partition coefficient (Wildman–Crippen LogP) is 2.93. The number of hydrogen-bond donors (Lipinski definition) is 0. The van der Waals surface area contributed by atoms with Crippen LogP contribution in [-0.2, 0) is 11.2 Å². The monoisotopic (exact) mass is 347 g/mol. The minimum absolute atomic E-state index is 0.0153. The van der Waals surface area contributed by atoms with Gasteiger partial charge in [0.2, 0.25) is 0 Å². The summed E-state index contributed by atoms with van der Waals surface area (Å²) in [6.45, 7) is 1.40. The van der Waals surface area contributed by atoms with Gasteiger partial charge in [0.05, 0.1) is 21.3 Å². The van der Waals surface area contributed by atoms with E-state index in [-0.39, 0.29) is 17.8 Å². The molecule has 3 rings (SSSR count). The molecule has 1 amide bonds. The molecular formula is C19H25NO5. The highest BCUT2D eigenvalue weighted by Gasteiger charge is 2.35. The zero-order valence-electron chi connectivity index (χ0n) is 15.0. The van der Waals surface area contributed by atoms with Crippen molar-refractivity contribution in [2.45, 2.75) is 25.7 Å². The molecule has 0 bridgehead atoms. The molecule has 1 aromatic rings. The largest absolute Gasteiger partial charge is 0.493 e. The summed E-state index contributed by atoms with van der Waals surface area (Å²) in [6, 6.07) is 3.72. The van der Waals surface area contributed by atoms with Gasteiger partial charge in [-0.05, 0) is 49.3 Å². The molecule has 6 nitrogen and oxygen atoms in total. The molecule has 0 N–H and O–H groups in total. The van der Waals surface area contributed by atoms with Crippen molar-refractivity contribution in [2.75, 3.05) is 34.4 Å². The second kappa shape index (κ2) is 7.33. The molecule has 0 spiro atoms. The summed E-state index contributed by atoms with van der Waals surface area (Å²) >= 11 is 0. The molecule has 1 atom stereocenters. The third kappa shape index (κ3) is 3.43. The SMILES string of the molecule is COC(=O)N1CCC(C[C@H]2Cc3cc(OC)c(OC)cc3C2=O)CC1. The molecule has 0 aromatic heterocycles. The van der Waals surface area contributed by atoms with Gasteiger partial charge in [0.25, 0.3) is 0 Å². The number of likely N-dealkylation sites (tertiary alicyclic amines) is 1. The van der Waals surface area contributed by atoms with Crippen LogP contribution in [-0.4, -0.2) is 51.2 Å². The zero-order valence-corrected chi connectivity index (χ0v) is 15.0. The van der Waals surface area contributed by atoms with Gasteiger partial charge < -0.3 is 19.1 Å². The van der Waals surface area contributed by atoms with Crippen LogP contribution in [0.25, 0.3) is 0 Å². The Bertz CT molecular complexity index is 664. The number of ether oxygens (including phenoxy) is 3. The molecule has 1 aromatic carbocycles. The van der Waals surface area contributed by atoms with Crippen LogP contribution in [0.5, 0.6) is 11.5 Å². The van der Waals surface area contributed by atoms with Gasteiger partial charge in [-0.15, -0.1) is 0 Å². The second-order valence-electron chi connectivity index (χ2n) is 6.77. The first-order valence-electron chi connectivity index (χ1n) is 8.69. The summed E-state index contributed by atoms with van der Waals surface area (Å²) < 4.78 is 15.4. The van der Waals surface area contributed by atoms with Crippen LogP contribution in [0.1, 0.15) is 35.2 Å². The number of carbonyl (C=O) groups is 2. The Morgan fingerprint density at radius 1 is 1.12 bits per heavy atom. The van der Waals surface area contributed by atoms with Crippen LogP contribution >= 0.6 is 0 Å². The Morgan fingerprint density at radius 2 is 1.76 bits per heavy atom. The van der Waals surface area contributed by atoms with E-state index in [2.05, 4.69) is 0 Å². The number of fused-ring (bicyclic) bond motifs is 1. The average Bonchev–Trinajstić information content (AvgIpc) is 2.95. The Kier molecular flexibility index (Phi) is 5.16. The number of carbonyl (C=O) groups excluding carboxylic acids is 2. The number of methoxy groups -OCH3 is 3. The van der Waals surface area contributed by atoms with E-state index in [1.54, 1.807) is 25.2 Å². The van der Waals surface area contributed by atoms with Gasteiger partial charge in [0.1, 0.15) is 0 Å². The number of Topliss-reactive ketones (excluding diaryl/α,β-unsaturated/α-hetero) is 1. The van der Waals surface area contributed by atoms with Crippen molar-refractivity contribution in [1.29, 1.82) is 0 Å². The fourth-order valence-corrected chi connectivity index (χ4v) is 3.97. The predicted molar refractivity (Wildman–Crippen MR) is 92.4 cm³/mol. The number of hydrogen-bond acceptors (Lipinski definition) is 5. The normalized spacial score (nSPS) is 20.4. The second-order valence-corrected chi connectivity index (χ2v) is 6.77. The Balaban J connectivity index is 1.64. The van der Waals surface area contributed by atoms with Crippen molar-refractivity contribution in [2.24, 2.45) is 11.8 Å². The molecular weight excluding hydrogens is 322 g/mol. The van der Waals surface area contributed by atoms with Crippen LogP contribution in [0.2, 0.25) is 0 Å². The molecule has 25 heavy (non-hydrogen) atoms. The van der Waals surface area contributed by atoms with Gasteiger partial charge in [-0.1, -0.05) is 0 Å². The Hall–Kier alpha value is -2.24. The van der Waals surface area contributed by atoms with Gasteiger partial charge in [0.15, 0.2) is 17.3 Å². The van der Waals surface area contributed by atoms with Crippen LogP contribution in [0.4, 0.5) is 4.79 Å². The third-order valence-corrected chi connectivity index (χ3v) is 5.38. The van der Waals surface area contributed by atoms with Crippen LogP contribution in [0.15, 0.2) is 12.1 Å². The van der Waals surface area contributed by atoms with Gasteiger partial charge in [-0.3, -0.25) is 4.79 Å². The number of piperidine rings is 1. The van der Waals surface area contributed by atoms with E-state index in [1.165, 1.54) is 7.11 Å². The van der Waals surface area contributed by atoms with Gasteiger partial charge in [0, 0.05) is 24.6 Å². The molecule has 1 aliphatic carbocycles. The number of amides is 1. The number of nitrogens with zero attached hydrogens (tertiary/aromatic N) is 1. The maximum Gasteiger partial charge on any atom is 0.409 e. The maximum absolute atomic E-state index is 12.8. The number of ketones is 1. The average molecular weight is 347 g/mol.